The lowest BCUT2D eigenvalue weighted by Gasteiger charge is -2.11. The molecular formula is C10H15NO4. The summed E-state index contributed by atoms with van der Waals surface area (Å²) in [7, 11) is 0. The number of ether oxygens (including phenoxy) is 1. The summed E-state index contributed by atoms with van der Waals surface area (Å²) >= 11 is 0. The summed E-state index contributed by atoms with van der Waals surface area (Å²) in [6, 6.07) is 3.30. The Morgan fingerprint density at radius 3 is 3.00 bits per heavy atom. The lowest BCUT2D eigenvalue weighted by Crippen LogP contribution is -2.22. The number of aliphatic hydroxyl groups excluding tert-OH is 2. The van der Waals surface area contributed by atoms with Gasteiger partial charge in [0, 0.05) is 6.20 Å². The minimum atomic E-state index is -0.870. The van der Waals surface area contributed by atoms with Crippen molar-refractivity contribution in [3.63, 3.8) is 0 Å². The zero-order chi connectivity index (χ0) is 11.3. The molecule has 0 bridgehead atoms. The van der Waals surface area contributed by atoms with E-state index >= 15 is 0 Å². The zero-order valence-corrected chi connectivity index (χ0v) is 8.59. The fourth-order valence-electron chi connectivity index (χ4n) is 1.25. The minimum absolute atomic E-state index is 0.178. The highest BCUT2D eigenvalue weighted by Gasteiger charge is 2.13. The number of carbonyl (C=O) groups is 1. The molecule has 0 aromatic carbocycles. The molecule has 2 N–H and O–H groups in total. The molecule has 1 aromatic heterocycles. The molecule has 5 heteroatoms. The molecule has 1 atom stereocenters. The molecule has 0 aliphatic rings. The topological polar surface area (TPSA) is 71.7 Å². The van der Waals surface area contributed by atoms with Crippen LogP contribution in [0.5, 0.6) is 0 Å². The van der Waals surface area contributed by atoms with Gasteiger partial charge in [-0.2, -0.15) is 0 Å². The monoisotopic (exact) mass is 213 g/mol. The van der Waals surface area contributed by atoms with Gasteiger partial charge in [0.1, 0.15) is 5.69 Å². The van der Waals surface area contributed by atoms with Gasteiger partial charge in [-0.15, -0.1) is 0 Å². The van der Waals surface area contributed by atoms with Crippen molar-refractivity contribution in [2.45, 2.75) is 19.6 Å². The molecule has 1 aromatic rings. The Bertz CT molecular complexity index is 321. The van der Waals surface area contributed by atoms with Crippen LogP contribution in [0.2, 0.25) is 0 Å². The Morgan fingerprint density at radius 2 is 2.40 bits per heavy atom. The predicted molar refractivity (Wildman–Crippen MR) is 53.5 cm³/mol. The third-order valence-corrected chi connectivity index (χ3v) is 1.93. The second kappa shape index (κ2) is 5.53. The maximum atomic E-state index is 11.4. The second-order valence-corrected chi connectivity index (χ2v) is 3.10. The lowest BCUT2D eigenvalue weighted by molar-refractivity contribution is 0.0498. The SMILES string of the molecule is CCOC(=O)c1cccn1CC(O)CO. The van der Waals surface area contributed by atoms with E-state index in [9.17, 15) is 9.90 Å². The van der Waals surface area contributed by atoms with Crippen LogP contribution < -0.4 is 0 Å². The van der Waals surface area contributed by atoms with E-state index < -0.39 is 12.1 Å². The van der Waals surface area contributed by atoms with Crippen molar-refractivity contribution < 1.29 is 19.7 Å². The summed E-state index contributed by atoms with van der Waals surface area (Å²) in [6.07, 6.45) is 0.788. The first-order valence-corrected chi connectivity index (χ1v) is 4.80. The van der Waals surface area contributed by atoms with Gasteiger partial charge in [0.15, 0.2) is 0 Å². The number of hydrogen-bond donors (Lipinski definition) is 2. The van der Waals surface area contributed by atoms with E-state index in [0.29, 0.717) is 12.3 Å². The Hall–Kier alpha value is -1.33. The van der Waals surface area contributed by atoms with Gasteiger partial charge in [0.05, 0.1) is 25.9 Å². The summed E-state index contributed by atoms with van der Waals surface area (Å²) in [4.78, 5) is 11.4. The molecule has 1 unspecified atom stereocenters. The van der Waals surface area contributed by atoms with E-state index in [2.05, 4.69) is 0 Å². The molecule has 0 spiro atoms. The van der Waals surface area contributed by atoms with Crippen molar-refractivity contribution in [2.24, 2.45) is 0 Å². The van der Waals surface area contributed by atoms with E-state index in [-0.39, 0.29) is 13.2 Å². The first-order chi connectivity index (χ1) is 7.19. The van der Waals surface area contributed by atoms with Crippen LogP contribution in [0.15, 0.2) is 18.3 Å². The fourth-order valence-corrected chi connectivity index (χ4v) is 1.25. The fraction of sp³-hybridized carbons (Fsp3) is 0.500. The van der Waals surface area contributed by atoms with Crippen LogP contribution in [-0.2, 0) is 11.3 Å². The number of esters is 1. The molecule has 0 radical (unpaired) electrons. The first-order valence-electron chi connectivity index (χ1n) is 4.80. The Labute approximate surface area is 87.9 Å². The van der Waals surface area contributed by atoms with Gasteiger partial charge in [-0.05, 0) is 19.1 Å². The summed E-state index contributed by atoms with van der Waals surface area (Å²) in [5.74, 6) is -0.423. The molecule has 0 aliphatic heterocycles. The smallest absolute Gasteiger partial charge is 0.354 e. The molecular weight excluding hydrogens is 198 g/mol. The van der Waals surface area contributed by atoms with Crippen LogP contribution in [0.4, 0.5) is 0 Å². The van der Waals surface area contributed by atoms with Crippen LogP contribution in [0.3, 0.4) is 0 Å². The minimum Gasteiger partial charge on any atom is -0.461 e. The number of carbonyl (C=O) groups excluding carboxylic acids is 1. The molecule has 1 heterocycles. The van der Waals surface area contributed by atoms with Crippen molar-refractivity contribution in [3.8, 4) is 0 Å². The third-order valence-electron chi connectivity index (χ3n) is 1.93. The standard InChI is InChI=1S/C10H15NO4/c1-2-15-10(14)9-4-3-5-11(9)6-8(13)7-12/h3-5,8,12-13H,2,6-7H2,1H3. The van der Waals surface area contributed by atoms with Gasteiger partial charge >= 0.3 is 5.97 Å². The largest absolute Gasteiger partial charge is 0.461 e. The number of aromatic nitrogens is 1. The van der Waals surface area contributed by atoms with E-state index in [1.165, 1.54) is 0 Å². The molecule has 1 rings (SSSR count). The molecule has 84 valence electrons. The first kappa shape index (κ1) is 11.7. The van der Waals surface area contributed by atoms with E-state index in [1.54, 1.807) is 29.8 Å². The van der Waals surface area contributed by atoms with Crippen LogP contribution in [0.1, 0.15) is 17.4 Å². The quantitative estimate of drug-likeness (QED) is 0.676. The summed E-state index contributed by atoms with van der Waals surface area (Å²) in [5.41, 5.74) is 0.379. The maximum Gasteiger partial charge on any atom is 0.354 e. The van der Waals surface area contributed by atoms with Crippen LogP contribution in [0.25, 0.3) is 0 Å². The highest BCUT2D eigenvalue weighted by atomic mass is 16.5. The molecule has 0 saturated heterocycles. The van der Waals surface area contributed by atoms with Gasteiger partial charge in [0.2, 0.25) is 0 Å². The van der Waals surface area contributed by atoms with Crippen LogP contribution in [0, 0.1) is 0 Å². The molecule has 0 saturated carbocycles. The van der Waals surface area contributed by atoms with Gasteiger partial charge < -0.3 is 19.5 Å². The highest BCUT2D eigenvalue weighted by molar-refractivity contribution is 5.87. The van der Waals surface area contributed by atoms with Crippen molar-refractivity contribution >= 4 is 5.97 Å². The van der Waals surface area contributed by atoms with Crippen molar-refractivity contribution in [1.29, 1.82) is 0 Å². The maximum absolute atomic E-state index is 11.4. The molecule has 0 fully saturated rings. The van der Waals surface area contributed by atoms with E-state index in [4.69, 9.17) is 9.84 Å². The van der Waals surface area contributed by atoms with Gasteiger partial charge in [-0.3, -0.25) is 0 Å². The normalized spacial score (nSPS) is 12.5. The van der Waals surface area contributed by atoms with Crippen molar-refractivity contribution in [1.82, 2.24) is 4.57 Å². The van der Waals surface area contributed by atoms with Gasteiger partial charge in [-0.1, -0.05) is 0 Å². The van der Waals surface area contributed by atoms with E-state index in [0.717, 1.165) is 0 Å². The van der Waals surface area contributed by atoms with E-state index in [1.807, 2.05) is 0 Å². The second-order valence-electron chi connectivity index (χ2n) is 3.10. The summed E-state index contributed by atoms with van der Waals surface area (Å²) in [6.45, 7) is 1.89. The average molecular weight is 213 g/mol. The molecule has 5 nitrogen and oxygen atoms in total. The summed E-state index contributed by atoms with van der Waals surface area (Å²) < 4.78 is 6.39. The summed E-state index contributed by atoms with van der Waals surface area (Å²) in [5, 5.41) is 17.9. The Kier molecular flexibility index (Phi) is 4.33. The Morgan fingerprint density at radius 1 is 1.67 bits per heavy atom. The number of nitrogens with zero attached hydrogens (tertiary/aromatic N) is 1. The van der Waals surface area contributed by atoms with Crippen molar-refractivity contribution in [2.75, 3.05) is 13.2 Å². The van der Waals surface area contributed by atoms with Crippen LogP contribution in [-0.4, -0.2) is 40.1 Å². The predicted octanol–water partition coefficient (Wildman–Crippen LogP) is 0.0180. The lowest BCUT2D eigenvalue weighted by atomic mass is 10.3. The highest BCUT2D eigenvalue weighted by Crippen LogP contribution is 2.05. The number of rotatable bonds is 5. The molecule has 0 amide bonds. The average Bonchev–Trinajstić information content (AvgIpc) is 2.66. The number of aliphatic hydroxyl groups is 2. The zero-order valence-electron chi connectivity index (χ0n) is 8.59. The number of hydrogen-bond acceptors (Lipinski definition) is 4. The van der Waals surface area contributed by atoms with Crippen LogP contribution >= 0.6 is 0 Å². The van der Waals surface area contributed by atoms with Crippen molar-refractivity contribution in [3.05, 3.63) is 24.0 Å². The van der Waals surface area contributed by atoms with Gasteiger partial charge in [0.25, 0.3) is 0 Å². The molecule has 0 aliphatic carbocycles. The Balaban J connectivity index is 2.73. The third kappa shape index (κ3) is 3.07. The molecule has 15 heavy (non-hydrogen) atoms. The van der Waals surface area contributed by atoms with Gasteiger partial charge in [-0.25, -0.2) is 4.79 Å².